The summed E-state index contributed by atoms with van der Waals surface area (Å²) < 4.78 is 7.05. The van der Waals surface area contributed by atoms with Gasteiger partial charge < -0.3 is 14.6 Å². The maximum Gasteiger partial charge on any atom is 0.253 e. The summed E-state index contributed by atoms with van der Waals surface area (Å²) in [6, 6.07) is 12.4. The molecule has 2 aromatic heterocycles. The number of aromatic amines is 1. The average molecular weight is 502 g/mol. The molecule has 3 heterocycles. The first-order valence-corrected chi connectivity index (χ1v) is 12.8. The van der Waals surface area contributed by atoms with Gasteiger partial charge in [0, 0.05) is 55.4 Å². The number of tetrazole rings is 1. The van der Waals surface area contributed by atoms with Gasteiger partial charge in [0.05, 0.1) is 13.2 Å². The van der Waals surface area contributed by atoms with Crippen LogP contribution in [0.4, 0.5) is 5.69 Å². The molecule has 1 fully saturated rings. The summed E-state index contributed by atoms with van der Waals surface area (Å²) in [5.41, 5.74) is 7.46. The van der Waals surface area contributed by atoms with Crippen LogP contribution in [0.3, 0.4) is 0 Å². The number of piperazine rings is 1. The lowest BCUT2D eigenvalue weighted by Gasteiger charge is -2.40. The van der Waals surface area contributed by atoms with Gasteiger partial charge in [0.25, 0.3) is 5.56 Å². The Balaban J connectivity index is 1.54. The molecule has 194 valence electrons. The SMILES string of the molecule is COCCn1nnnc1C(c1cc2c(C)cc(C)cc2[nH]c1=O)N1CCN(c2cc(C)ccc2C)CC1. The number of hydrogen-bond donors (Lipinski definition) is 1. The average Bonchev–Trinajstić information content (AvgIpc) is 3.33. The van der Waals surface area contributed by atoms with Crippen molar-refractivity contribution in [3.63, 3.8) is 0 Å². The molecule has 37 heavy (non-hydrogen) atoms. The minimum atomic E-state index is -0.374. The lowest BCUT2D eigenvalue weighted by Crippen LogP contribution is -2.49. The number of benzene rings is 2. The number of aromatic nitrogens is 5. The van der Waals surface area contributed by atoms with Gasteiger partial charge in [-0.15, -0.1) is 5.10 Å². The number of hydrogen-bond acceptors (Lipinski definition) is 7. The van der Waals surface area contributed by atoms with E-state index in [1.54, 1.807) is 11.8 Å². The van der Waals surface area contributed by atoms with Gasteiger partial charge in [-0.25, -0.2) is 4.68 Å². The highest BCUT2D eigenvalue weighted by molar-refractivity contribution is 5.83. The van der Waals surface area contributed by atoms with E-state index in [1.165, 1.54) is 16.8 Å². The molecule has 0 aliphatic carbocycles. The van der Waals surface area contributed by atoms with E-state index >= 15 is 0 Å². The third kappa shape index (κ3) is 5.01. The van der Waals surface area contributed by atoms with Gasteiger partial charge in [0.15, 0.2) is 5.82 Å². The first kappa shape index (κ1) is 25.1. The van der Waals surface area contributed by atoms with Gasteiger partial charge >= 0.3 is 0 Å². The highest BCUT2D eigenvalue weighted by atomic mass is 16.5. The van der Waals surface area contributed by atoms with Crippen LogP contribution in [0.5, 0.6) is 0 Å². The second-order valence-corrected chi connectivity index (χ2v) is 10.1. The number of methoxy groups -OCH3 is 1. The van der Waals surface area contributed by atoms with E-state index in [-0.39, 0.29) is 11.6 Å². The number of aryl methyl sites for hydroxylation is 4. The molecule has 1 aliphatic rings. The first-order chi connectivity index (χ1) is 17.9. The van der Waals surface area contributed by atoms with E-state index in [0.717, 1.165) is 48.2 Å². The fourth-order valence-electron chi connectivity index (χ4n) is 5.42. The molecule has 1 atom stereocenters. The van der Waals surface area contributed by atoms with Gasteiger partial charge in [0.2, 0.25) is 0 Å². The molecule has 9 nitrogen and oxygen atoms in total. The maximum atomic E-state index is 13.5. The van der Waals surface area contributed by atoms with Crippen molar-refractivity contribution in [1.82, 2.24) is 30.1 Å². The van der Waals surface area contributed by atoms with Crippen LogP contribution in [0.25, 0.3) is 10.9 Å². The van der Waals surface area contributed by atoms with Crippen molar-refractivity contribution in [2.24, 2.45) is 0 Å². The molecule has 0 bridgehead atoms. The molecule has 4 aromatic rings. The summed E-state index contributed by atoms with van der Waals surface area (Å²) in [4.78, 5) is 21.4. The molecule has 1 N–H and O–H groups in total. The summed E-state index contributed by atoms with van der Waals surface area (Å²) in [7, 11) is 1.66. The monoisotopic (exact) mass is 501 g/mol. The zero-order valence-electron chi connectivity index (χ0n) is 22.3. The Bertz CT molecular complexity index is 1470. The molecule has 0 spiro atoms. The fraction of sp³-hybridized carbons (Fsp3) is 0.429. The first-order valence-electron chi connectivity index (χ1n) is 12.8. The molecule has 1 aliphatic heterocycles. The largest absolute Gasteiger partial charge is 0.383 e. The summed E-state index contributed by atoms with van der Waals surface area (Å²) in [5.74, 6) is 0.659. The third-order valence-corrected chi connectivity index (χ3v) is 7.33. The molecule has 1 unspecified atom stereocenters. The molecular weight excluding hydrogens is 466 g/mol. The van der Waals surface area contributed by atoms with Crippen LogP contribution in [0.2, 0.25) is 0 Å². The summed E-state index contributed by atoms with van der Waals surface area (Å²) in [5, 5.41) is 13.7. The van der Waals surface area contributed by atoms with Crippen molar-refractivity contribution in [3.8, 4) is 0 Å². The Kier molecular flexibility index (Phi) is 7.08. The van der Waals surface area contributed by atoms with Crippen molar-refractivity contribution in [1.29, 1.82) is 0 Å². The Morgan fingerprint density at radius 1 is 0.973 bits per heavy atom. The van der Waals surface area contributed by atoms with Gasteiger partial charge in [-0.05, 0) is 78.6 Å². The third-order valence-electron chi connectivity index (χ3n) is 7.33. The second-order valence-electron chi connectivity index (χ2n) is 10.1. The van der Waals surface area contributed by atoms with E-state index in [1.807, 2.05) is 19.1 Å². The smallest absolute Gasteiger partial charge is 0.253 e. The Hall–Kier alpha value is -3.56. The Morgan fingerprint density at radius 3 is 2.51 bits per heavy atom. The molecule has 1 saturated heterocycles. The number of fused-ring (bicyclic) bond motifs is 1. The highest BCUT2D eigenvalue weighted by Crippen LogP contribution is 2.30. The number of H-pyrrole nitrogens is 1. The topological polar surface area (TPSA) is 92.2 Å². The summed E-state index contributed by atoms with van der Waals surface area (Å²) in [6.07, 6.45) is 0. The Morgan fingerprint density at radius 2 is 1.76 bits per heavy atom. The molecule has 9 heteroatoms. The predicted octanol–water partition coefficient (Wildman–Crippen LogP) is 3.31. The van der Waals surface area contributed by atoms with E-state index < -0.39 is 0 Å². The van der Waals surface area contributed by atoms with E-state index in [9.17, 15) is 4.79 Å². The van der Waals surface area contributed by atoms with Gasteiger partial charge in [-0.3, -0.25) is 9.69 Å². The van der Waals surface area contributed by atoms with E-state index in [4.69, 9.17) is 4.74 Å². The standard InChI is InChI=1S/C28H35N7O2/c1-18-6-7-20(3)25(16-18)33-8-10-34(11-9-33)26(27-30-31-32-35(27)12-13-37-5)23-17-22-21(4)14-19(2)15-24(22)29-28(23)36/h6-7,14-17,26H,8-13H2,1-5H3,(H,29,36). The molecular formula is C28H35N7O2. The predicted molar refractivity (Wildman–Crippen MR) is 145 cm³/mol. The van der Waals surface area contributed by atoms with Crippen LogP contribution in [0.15, 0.2) is 41.2 Å². The van der Waals surface area contributed by atoms with E-state index in [0.29, 0.717) is 24.5 Å². The summed E-state index contributed by atoms with van der Waals surface area (Å²) >= 11 is 0. The number of nitrogens with zero attached hydrogens (tertiary/aromatic N) is 6. The minimum Gasteiger partial charge on any atom is -0.383 e. The Labute approximate surface area is 217 Å². The van der Waals surface area contributed by atoms with Crippen molar-refractivity contribution in [2.45, 2.75) is 40.3 Å². The lowest BCUT2D eigenvalue weighted by atomic mass is 9.99. The van der Waals surface area contributed by atoms with Crippen LogP contribution in [-0.2, 0) is 11.3 Å². The normalized spacial score (nSPS) is 15.4. The van der Waals surface area contributed by atoms with Crippen LogP contribution < -0.4 is 10.5 Å². The van der Waals surface area contributed by atoms with Crippen molar-refractivity contribution in [2.75, 3.05) is 44.8 Å². The van der Waals surface area contributed by atoms with Gasteiger partial charge in [0.1, 0.15) is 6.04 Å². The lowest BCUT2D eigenvalue weighted by molar-refractivity contribution is 0.171. The minimum absolute atomic E-state index is 0.110. The number of nitrogens with one attached hydrogen (secondary N) is 1. The van der Waals surface area contributed by atoms with Crippen LogP contribution in [-0.4, -0.2) is 70.0 Å². The van der Waals surface area contributed by atoms with E-state index in [2.05, 4.69) is 75.3 Å². The van der Waals surface area contributed by atoms with Crippen LogP contribution in [0.1, 0.15) is 39.7 Å². The number of rotatable bonds is 7. The quantitative estimate of drug-likeness (QED) is 0.415. The molecule has 0 radical (unpaired) electrons. The molecule has 2 aromatic carbocycles. The molecule has 5 rings (SSSR count). The van der Waals surface area contributed by atoms with Gasteiger partial charge in [-0.2, -0.15) is 0 Å². The molecule has 0 amide bonds. The van der Waals surface area contributed by atoms with Crippen molar-refractivity contribution < 1.29 is 4.74 Å². The van der Waals surface area contributed by atoms with Crippen LogP contribution in [0, 0.1) is 27.7 Å². The zero-order chi connectivity index (χ0) is 26.1. The maximum absolute atomic E-state index is 13.5. The second kappa shape index (κ2) is 10.4. The van der Waals surface area contributed by atoms with Crippen molar-refractivity contribution >= 4 is 16.6 Å². The molecule has 0 saturated carbocycles. The highest BCUT2D eigenvalue weighted by Gasteiger charge is 2.33. The van der Waals surface area contributed by atoms with Crippen LogP contribution >= 0.6 is 0 Å². The number of pyridine rings is 1. The number of ether oxygens (including phenoxy) is 1. The number of anilines is 1. The summed E-state index contributed by atoms with van der Waals surface area (Å²) in [6.45, 7) is 12.7. The van der Waals surface area contributed by atoms with Crippen molar-refractivity contribution in [3.05, 3.63) is 80.4 Å². The zero-order valence-corrected chi connectivity index (χ0v) is 22.3. The fourth-order valence-corrected chi connectivity index (χ4v) is 5.42. The van der Waals surface area contributed by atoms with Gasteiger partial charge in [-0.1, -0.05) is 18.2 Å².